The number of amides is 2. The lowest BCUT2D eigenvalue weighted by molar-refractivity contribution is -0.167. The highest BCUT2D eigenvalue weighted by molar-refractivity contribution is 5.86. The van der Waals surface area contributed by atoms with Gasteiger partial charge < -0.3 is 19.9 Å². The van der Waals surface area contributed by atoms with Gasteiger partial charge in [-0.05, 0) is 25.8 Å². The largest absolute Gasteiger partial charge is 0.356 e. The predicted molar refractivity (Wildman–Crippen MR) is 101 cm³/mol. The number of imidazole rings is 1. The smallest absolute Gasteiger partial charge is 0.251 e. The zero-order chi connectivity index (χ0) is 19.2. The molecule has 1 aliphatic heterocycles. The van der Waals surface area contributed by atoms with Gasteiger partial charge in [-0.15, -0.1) is 0 Å². The maximum Gasteiger partial charge on any atom is 0.251 e. The molecule has 0 bridgehead atoms. The molecule has 3 rings (SSSR count). The van der Waals surface area contributed by atoms with Crippen molar-refractivity contribution in [1.82, 2.24) is 20.2 Å². The zero-order valence-electron chi connectivity index (χ0n) is 15.7. The third-order valence-corrected chi connectivity index (χ3v) is 4.66. The van der Waals surface area contributed by atoms with E-state index in [1.54, 1.807) is 17.3 Å². The standard InChI is InChI=1S/C20H26N4O3/c1-14(2)24-17(25)13-27-19(18(24)15-7-4-3-5-8-15)20(26)23-10-6-9-16-21-11-12-22-16/h3-5,7-8,11-12,14,18-19H,6,9-10,13H2,1-2H3,(H,21,22)(H,23,26)/t18-,19+/m1/s1. The summed E-state index contributed by atoms with van der Waals surface area (Å²) in [6.45, 7) is 4.36. The van der Waals surface area contributed by atoms with Crippen LogP contribution in [0.25, 0.3) is 0 Å². The lowest BCUT2D eigenvalue weighted by Crippen LogP contribution is -2.56. The lowest BCUT2D eigenvalue weighted by atomic mass is 9.95. The van der Waals surface area contributed by atoms with Gasteiger partial charge >= 0.3 is 0 Å². The van der Waals surface area contributed by atoms with E-state index in [9.17, 15) is 9.59 Å². The van der Waals surface area contributed by atoms with Gasteiger partial charge in [0, 0.05) is 31.4 Å². The van der Waals surface area contributed by atoms with Crippen LogP contribution in [0, 0.1) is 0 Å². The second-order valence-corrected chi connectivity index (χ2v) is 6.91. The SMILES string of the molecule is CC(C)N1C(=O)CO[C@H](C(=O)NCCCc2ncc[nH]2)[C@H]1c1ccccc1. The summed E-state index contributed by atoms with van der Waals surface area (Å²) in [7, 11) is 0. The van der Waals surface area contributed by atoms with Crippen molar-refractivity contribution in [3.63, 3.8) is 0 Å². The Bertz CT molecular complexity index is 746. The Kier molecular flexibility index (Phi) is 6.24. The molecular weight excluding hydrogens is 344 g/mol. The quantitative estimate of drug-likeness (QED) is 0.728. The highest BCUT2D eigenvalue weighted by Crippen LogP contribution is 2.32. The first-order valence-corrected chi connectivity index (χ1v) is 9.31. The summed E-state index contributed by atoms with van der Waals surface area (Å²) in [5.74, 6) is 0.610. The summed E-state index contributed by atoms with van der Waals surface area (Å²) < 4.78 is 5.68. The minimum absolute atomic E-state index is 0.0270. The molecule has 0 unspecified atom stereocenters. The van der Waals surface area contributed by atoms with E-state index in [1.807, 2.05) is 44.2 Å². The van der Waals surface area contributed by atoms with Gasteiger partial charge in [-0.3, -0.25) is 9.59 Å². The van der Waals surface area contributed by atoms with Crippen molar-refractivity contribution in [2.24, 2.45) is 0 Å². The van der Waals surface area contributed by atoms with Gasteiger partial charge in [0.15, 0.2) is 6.10 Å². The van der Waals surface area contributed by atoms with E-state index < -0.39 is 12.1 Å². The summed E-state index contributed by atoms with van der Waals surface area (Å²) in [4.78, 5) is 34.2. The molecule has 0 saturated carbocycles. The van der Waals surface area contributed by atoms with Crippen LogP contribution >= 0.6 is 0 Å². The van der Waals surface area contributed by atoms with Gasteiger partial charge in [0.05, 0.1) is 6.04 Å². The Labute approximate surface area is 159 Å². The van der Waals surface area contributed by atoms with Crippen molar-refractivity contribution < 1.29 is 14.3 Å². The van der Waals surface area contributed by atoms with Gasteiger partial charge in [-0.1, -0.05) is 30.3 Å². The molecular formula is C20H26N4O3. The van der Waals surface area contributed by atoms with Gasteiger partial charge in [-0.2, -0.15) is 0 Å². The van der Waals surface area contributed by atoms with Crippen LogP contribution in [0.4, 0.5) is 0 Å². The maximum absolute atomic E-state index is 12.8. The van der Waals surface area contributed by atoms with Crippen LogP contribution in [0.5, 0.6) is 0 Å². The fourth-order valence-electron chi connectivity index (χ4n) is 3.44. The number of carbonyl (C=O) groups is 2. The molecule has 144 valence electrons. The van der Waals surface area contributed by atoms with Crippen LogP contribution < -0.4 is 5.32 Å². The summed E-state index contributed by atoms with van der Waals surface area (Å²) in [6, 6.07) is 9.13. The molecule has 2 atom stereocenters. The molecule has 27 heavy (non-hydrogen) atoms. The molecule has 0 spiro atoms. The highest BCUT2D eigenvalue weighted by Gasteiger charge is 2.42. The highest BCUT2D eigenvalue weighted by atomic mass is 16.5. The van der Waals surface area contributed by atoms with E-state index in [2.05, 4.69) is 15.3 Å². The molecule has 1 aromatic carbocycles. The third-order valence-electron chi connectivity index (χ3n) is 4.66. The number of morpholine rings is 1. The van der Waals surface area contributed by atoms with Gasteiger partial charge in [0.2, 0.25) is 5.91 Å². The number of rotatable bonds is 7. The topological polar surface area (TPSA) is 87.3 Å². The summed E-state index contributed by atoms with van der Waals surface area (Å²) in [5.41, 5.74) is 0.898. The minimum atomic E-state index is -0.726. The van der Waals surface area contributed by atoms with Crippen molar-refractivity contribution in [3.05, 3.63) is 54.1 Å². The molecule has 0 radical (unpaired) electrons. The number of carbonyl (C=O) groups excluding carboxylic acids is 2. The number of H-pyrrole nitrogens is 1. The fourth-order valence-corrected chi connectivity index (χ4v) is 3.44. The minimum Gasteiger partial charge on any atom is -0.356 e. The molecule has 2 aromatic rings. The van der Waals surface area contributed by atoms with Gasteiger partial charge in [0.1, 0.15) is 12.4 Å². The van der Waals surface area contributed by atoms with Gasteiger partial charge in [0.25, 0.3) is 5.91 Å². The Morgan fingerprint density at radius 1 is 1.37 bits per heavy atom. The van der Waals surface area contributed by atoms with E-state index in [0.717, 1.165) is 24.2 Å². The molecule has 1 aliphatic rings. The van der Waals surface area contributed by atoms with Crippen LogP contribution in [0.2, 0.25) is 0 Å². The van der Waals surface area contributed by atoms with E-state index in [-0.39, 0.29) is 24.5 Å². The summed E-state index contributed by atoms with van der Waals surface area (Å²) in [6.07, 6.45) is 4.31. The number of nitrogens with one attached hydrogen (secondary N) is 2. The van der Waals surface area contributed by atoms with E-state index >= 15 is 0 Å². The van der Waals surface area contributed by atoms with E-state index in [0.29, 0.717) is 6.54 Å². The first-order valence-electron chi connectivity index (χ1n) is 9.31. The summed E-state index contributed by atoms with van der Waals surface area (Å²) in [5, 5.41) is 2.95. The molecule has 2 N–H and O–H groups in total. The first kappa shape index (κ1) is 19.1. The number of aromatic nitrogens is 2. The van der Waals surface area contributed by atoms with E-state index in [4.69, 9.17) is 4.74 Å². The predicted octanol–water partition coefficient (Wildman–Crippen LogP) is 1.84. The molecule has 0 aliphatic carbocycles. The average molecular weight is 370 g/mol. The molecule has 2 heterocycles. The molecule has 1 aromatic heterocycles. The second kappa shape index (κ2) is 8.81. The Morgan fingerprint density at radius 3 is 2.81 bits per heavy atom. The lowest BCUT2D eigenvalue weighted by Gasteiger charge is -2.42. The maximum atomic E-state index is 12.8. The Hall–Kier alpha value is -2.67. The first-order chi connectivity index (χ1) is 13.1. The Morgan fingerprint density at radius 2 is 2.15 bits per heavy atom. The molecule has 7 nitrogen and oxygen atoms in total. The Balaban J connectivity index is 1.69. The monoisotopic (exact) mass is 370 g/mol. The summed E-state index contributed by atoms with van der Waals surface area (Å²) >= 11 is 0. The zero-order valence-corrected chi connectivity index (χ0v) is 15.7. The van der Waals surface area contributed by atoms with Crippen LogP contribution in [0.15, 0.2) is 42.7 Å². The molecule has 7 heteroatoms. The normalized spacial score (nSPS) is 20.1. The van der Waals surface area contributed by atoms with Crippen molar-refractivity contribution in [3.8, 4) is 0 Å². The van der Waals surface area contributed by atoms with Crippen molar-refractivity contribution in [2.75, 3.05) is 13.2 Å². The number of nitrogens with zero attached hydrogens (tertiary/aromatic N) is 2. The van der Waals surface area contributed by atoms with Crippen molar-refractivity contribution >= 4 is 11.8 Å². The fraction of sp³-hybridized carbons (Fsp3) is 0.450. The number of aryl methyl sites for hydroxylation is 1. The number of benzene rings is 1. The van der Waals surface area contributed by atoms with Crippen LogP contribution in [0.3, 0.4) is 0 Å². The number of ether oxygens (including phenoxy) is 1. The van der Waals surface area contributed by atoms with Crippen molar-refractivity contribution in [2.45, 2.75) is 44.9 Å². The number of aromatic amines is 1. The average Bonchev–Trinajstić information content (AvgIpc) is 3.18. The second-order valence-electron chi connectivity index (χ2n) is 6.91. The van der Waals surface area contributed by atoms with Crippen LogP contribution in [-0.2, 0) is 20.7 Å². The van der Waals surface area contributed by atoms with Crippen LogP contribution in [-0.4, -0.2) is 52.0 Å². The van der Waals surface area contributed by atoms with Gasteiger partial charge in [-0.25, -0.2) is 4.98 Å². The number of hydrogen-bond acceptors (Lipinski definition) is 4. The molecule has 1 saturated heterocycles. The van der Waals surface area contributed by atoms with Crippen molar-refractivity contribution in [1.29, 1.82) is 0 Å². The number of hydrogen-bond donors (Lipinski definition) is 2. The van der Waals surface area contributed by atoms with Crippen LogP contribution in [0.1, 0.15) is 37.7 Å². The molecule has 1 fully saturated rings. The van der Waals surface area contributed by atoms with E-state index in [1.165, 1.54) is 0 Å². The third kappa shape index (κ3) is 4.54. The molecule has 2 amide bonds.